The number of amides is 2. The highest BCUT2D eigenvalue weighted by Gasteiger charge is 2.30. The Morgan fingerprint density at radius 1 is 1.08 bits per heavy atom. The highest BCUT2D eigenvalue weighted by atomic mass is 19.1. The number of urea groups is 1. The van der Waals surface area contributed by atoms with Crippen LogP contribution < -0.4 is 14.8 Å². The topological polar surface area (TPSA) is 50.8 Å². The molecule has 5 nitrogen and oxygen atoms in total. The third-order valence-corrected chi connectivity index (χ3v) is 4.56. The van der Waals surface area contributed by atoms with Crippen molar-refractivity contribution in [2.45, 2.75) is 18.9 Å². The molecular formula is C19H19FN2O3. The second-order valence-electron chi connectivity index (χ2n) is 6.19. The number of ether oxygens (including phenoxy) is 2. The van der Waals surface area contributed by atoms with Crippen LogP contribution in [0.25, 0.3) is 0 Å². The molecule has 2 aromatic rings. The lowest BCUT2D eigenvalue weighted by Gasteiger charge is -2.26. The fourth-order valence-electron chi connectivity index (χ4n) is 3.36. The van der Waals surface area contributed by atoms with Crippen LogP contribution in [0.2, 0.25) is 0 Å². The van der Waals surface area contributed by atoms with E-state index < -0.39 is 0 Å². The lowest BCUT2D eigenvalue weighted by atomic mass is 10.0. The van der Waals surface area contributed by atoms with Crippen molar-refractivity contribution in [2.24, 2.45) is 0 Å². The minimum atomic E-state index is -0.269. The first kappa shape index (κ1) is 15.7. The van der Waals surface area contributed by atoms with Crippen molar-refractivity contribution in [2.75, 3.05) is 25.1 Å². The van der Waals surface area contributed by atoms with Gasteiger partial charge >= 0.3 is 6.03 Å². The number of halogens is 1. The van der Waals surface area contributed by atoms with Crippen LogP contribution in [0.4, 0.5) is 14.9 Å². The van der Waals surface area contributed by atoms with Crippen molar-refractivity contribution in [3.63, 3.8) is 0 Å². The molecule has 2 amide bonds. The van der Waals surface area contributed by atoms with Gasteiger partial charge in [0.2, 0.25) is 0 Å². The molecule has 2 aliphatic rings. The van der Waals surface area contributed by atoms with E-state index in [0.29, 0.717) is 36.9 Å². The Kier molecular flexibility index (Phi) is 4.17. The highest BCUT2D eigenvalue weighted by Crippen LogP contribution is 2.35. The van der Waals surface area contributed by atoms with Crippen LogP contribution in [0.15, 0.2) is 42.5 Å². The first-order chi connectivity index (χ1) is 12.2. The maximum Gasteiger partial charge on any atom is 0.322 e. The summed E-state index contributed by atoms with van der Waals surface area (Å²) in [6.07, 6.45) is 1.80. The zero-order valence-corrected chi connectivity index (χ0v) is 13.7. The summed E-state index contributed by atoms with van der Waals surface area (Å²) in [4.78, 5) is 14.5. The van der Waals surface area contributed by atoms with E-state index in [1.165, 1.54) is 12.1 Å². The molecule has 0 saturated carbocycles. The van der Waals surface area contributed by atoms with Gasteiger partial charge in [-0.2, -0.15) is 0 Å². The smallest absolute Gasteiger partial charge is 0.322 e. The predicted molar refractivity (Wildman–Crippen MR) is 91.5 cm³/mol. The number of hydrogen-bond acceptors (Lipinski definition) is 3. The summed E-state index contributed by atoms with van der Waals surface area (Å²) in [6.45, 7) is 1.72. The maximum absolute atomic E-state index is 13.1. The van der Waals surface area contributed by atoms with Crippen molar-refractivity contribution >= 4 is 11.7 Å². The lowest BCUT2D eigenvalue weighted by molar-refractivity contribution is 0.171. The average Bonchev–Trinajstić information content (AvgIpc) is 3.12. The van der Waals surface area contributed by atoms with Crippen LogP contribution >= 0.6 is 0 Å². The molecule has 2 aliphatic heterocycles. The zero-order chi connectivity index (χ0) is 17.2. The third kappa shape index (κ3) is 3.24. The largest absolute Gasteiger partial charge is 0.486 e. The van der Waals surface area contributed by atoms with Crippen LogP contribution in [-0.4, -0.2) is 30.7 Å². The van der Waals surface area contributed by atoms with Crippen LogP contribution in [-0.2, 0) is 0 Å². The number of likely N-dealkylation sites (tertiary alicyclic amines) is 1. The van der Waals surface area contributed by atoms with E-state index in [9.17, 15) is 9.18 Å². The van der Waals surface area contributed by atoms with Crippen molar-refractivity contribution in [1.29, 1.82) is 0 Å². The molecule has 6 heteroatoms. The van der Waals surface area contributed by atoms with E-state index in [4.69, 9.17) is 9.47 Å². The molecule has 130 valence electrons. The molecule has 1 atom stereocenters. The summed E-state index contributed by atoms with van der Waals surface area (Å²) in [5, 5.41) is 2.92. The summed E-state index contributed by atoms with van der Waals surface area (Å²) in [7, 11) is 0. The van der Waals surface area contributed by atoms with Gasteiger partial charge in [0.05, 0.1) is 6.04 Å². The average molecular weight is 342 g/mol. The van der Waals surface area contributed by atoms with Gasteiger partial charge in [0.15, 0.2) is 11.5 Å². The molecule has 1 saturated heterocycles. The summed E-state index contributed by atoms with van der Waals surface area (Å²) < 4.78 is 24.2. The van der Waals surface area contributed by atoms with Gasteiger partial charge in [-0.25, -0.2) is 9.18 Å². The molecule has 0 radical (unpaired) electrons. The molecule has 1 N–H and O–H groups in total. The highest BCUT2D eigenvalue weighted by molar-refractivity contribution is 5.90. The minimum Gasteiger partial charge on any atom is -0.486 e. The molecule has 4 rings (SSSR count). The quantitative estimate of drug-likeness (QED) is 0.898. The Morgan fingerprint density at radius 3 is 2.64 bits per heavy atom. The molecule has 1 fully saturated rings. The van der Waals surface area contributed by atoms with Crippen LogP contribution in [0, 0.1) is 5.82 Å². The standard InChI is InChI=1S/C19H19FN2O3/c20-14-5-3-13(4-6-14)16-2-1-9-22(16)19(23)21-15-7-8-17-18(12-15)25-11-10-24-17/h3-8,12,16H,1-2,9-11H2,(H,21,23)/t16-/m1/s1. The Labute approximate surface area is 145 Å². The van der Waals surface area contributed by atoms with Crippen molar-refractivity contribution in [1.82, 2.24) is 4.90 Å². The van der Waals surface area contributed by atoms with Gasteiger partial charge in [-0.05, 0) is 42.7 Å². The number of nitrogens with zero attached hydrogens (tertiary/aromatic N) is 1. The van der Waals surface area contributed by atoms with Gasteiger partial charge in [-0.3, -0.25) is 0 Å². The van der Waals surface area contributed by atoms with E-state index in [1.807, 2.05) is 0 Å². The zero-order valence-electron chi connectivity index (χ0n) is 13.7. The number of benzene rings is 2. The van der Waals surface area contributed by atoms with Crippen LogP contribution in [0.3, 0.4) is 0 Å². The molecule has 25 heavy (non-hydrogen) atoms. The normalized spacial score (nSPS) is 18.9. The fraction of sp³-hybridized carbons (Fsp3) is 0.316. The van der Waals surface area contributed by atoms with E-state index in [-0.39, 0.29) is 17.9 Å². The van der Waals surface area contributed by atoms with Crippen molar-refractivity contribution in [3.05, 3.63) is 53.8 Å². The lowest BCUT2D eigenvalue weighted by Crippen LogP contribution is -2.34. The van der Waals surface area contributed by atoms with E-state index in [2.05, 4.69) is 5.32 Å². The Morgan fingerprint density at radius 2 is 1.84 bits per heavy atom. The maximum atomic E-state index is 13.1. The number of hydrogen-bond donors (Lipinski definition) is 1. The van der Waals surface area contributed by atoms with E-state index in [1.54, 1.807) is 35.2 Å². The third-order valence-electron chi connectivity index (χ3n) is 4.56. The first-order valence-electron chi connectivity index (χ1n) is 8.43. The molecule has 0 unspecified atom stereocenters. The van der Waals surface area contributed by atoms with Crippen LogP contribution in [0.1, 0.15) is 24.4 Å². The predicted octanol–water partition coefficient (Wildman–Crippen LogP) is 3.97. The second-order valence-corrected chi connectivity index (χ2v) is 6.19. The fourth-order valence-corrected chi connectivity index (χ4v) is 3.36. The molecule has 2 heterocycles. The van der Waals surface area contributed by atoms with Gasteiger partial charge in [0, 0.05) is 18.3 Å². The Balaban J connectivity index is 1.49. The van der Waals surface area contributed by atoms with E-state index in [0.717, 1.165) is 18.4 Å². The number of carbonyl (C=O) groups is 1. The van der Waals surface area contributed by atoms with Crippen molar-refractivity contribution < 1.29 is 18.7 Å². The Hall–Kier alpha value is -2.76. The number of fused-ring (bicyclic) bond motifs is 1. The first-order valence-corrected chi connectivity index (χ1v) is 8.43. The molecular weight excluding hydrogens is 323 g/mol. The summed E-state index contributed by atoms with van der Waals surface area (Å²) >= 11 is 0. The molecule has 0 bridgehead atoms. The van der Waals surface area contributed by atoms with E-state index >= 15 is 0 Å². The monoisotopic (exact) mass is 342 g/mol. The Bertz CT molecular complexity index is 779. The molecule has 0 aromatic heterocycles. The van der Waals surface area contributed by atoms with Gasteiger partial charge in [0.1, 0.15) is 19.0 Å². The molecule has 2 aromatic carbocycles. The summed E-state index contributed by atoms with van der Waals surface area (Å²) in [6, 6.07) is 11.5. The summed E-state index contributed by atoms with van der Waals surface area (Å²) in [5.74, 6) is 1.06. The SMILES string of the molecule is O=C(Nc1ccc2c(c1)OCCO2)N1CCC[C@@H]1c1ccc(F)cc1. The van der Waals surface area contributed by atoms with Gasteiger partial charge in [-0.15, -0.1) is 0 Å². The summed E-state index contributed by atoms with van der Waals surface area (Å²) in [5.41, 5.74) is 1.62. The minimum absolute atomic E-state index is 0.0298. The molecule has 0 spiro atoms. The molecule has 0 aliphatic carbocycles. The number of anilines is 1. The number of carbonyl (C=O) groups excluding carboxylic acids is 1. The number of nitrogens with one attached hydrogen (secondary N) is 1. The van der Waals surface area contributed by atoms with Gasteiger partial charge in [-0.1, -0.05) is 12.1 Å². The van der Waals surface area contributed by atoms with Crippen LogP contribution in [0.5, 0.6) is 11.5 Å². The van der Waals surface area contributed by atoms with Crippen molar-refractivity contribution in [3.8, 4) is 11.5 Å². The van der Waals surface area contributed by atoms with Gasteiger partial charge in [0.25, 0.3) is 0 Å². The van der Waals surface area contributed by atoms with Gasteiger partial charge < -0.3 is 19.7 Å². The number of rotatable bonds is 2. The second kappa shape index (κ2) is 6.63.